The molecule has 27 heavy (non-hydrogen) atoms. The van der Waals surface area contributed by atoms with Crippen molar-refractivity contribution in [3.05, 3.63) is 66.6 Å². The predicted octanol–water partition coefficient (Wildman–Crippen LogP) is 3.03. The van der Waals surface area contributed by atoms with Gasteiger partial charge in [-0.25, -0.2) is 4.98 Å². The van der Waals surface area contributed by atoms with E-state index in [1.54, 1.807) is 29.5 Å². The van der Waals surface area contributed by atoms with E-state index in [2.05, 4.69) is 4.98 Å². The predicted molar refractivity (Wildman–Crippen MR) is 94.0 cm³/mol. The van der Waals surface area contributed by atoms with Gasteiger partial charge in [-0.05, 0) is 12.1 Å². The van der Waals surface area contributed by atoms with Gasteiger partial charge in [0.15, 0.2) is 12.4 Å². The quantitative estimate of drug-likeness (QED) is 0.624. The Morgan fingerprint density at radius 3 is 2.85 bits per heavy atom. The number of oxazole rings is 1. The van der Waals surface area contributed by atoms with Gasteiger partial charge < -0.3 is 18.5 Å². The van der Waals surface area contributed by atoms with Gasteiger partial charge >= 0.3 is 5.97 Å². The van der Waals surface area contributed by atoms with Crippen LogP contribution in [0.4, 0.5) is 0 Å². The molecule has 1 aliphatic rings. The number of furan rings is 1. The lowest BCUT2D eigenvalue weighted by molar-refractivity contribution is -0.150. The topological polar surface area (TPSA) is 85.8 Å². The summed E-state index contributed by atoms with van der Waals surface area (Å²) in [7, 11) is 0. The maximum Gasteiger partial charge on any atom is 0.311 e. The first-order valence-corrected chi connectivity index (χ1v) is 8.66. The minimum atomic E-state index is -0.490. The summed E-state index contributed by atoms with van der Waals surface area (Å²) in [5.74, 6) is 0.614. The van der Waals surface area contributed by atoms with Gasteiger partial charge in [-0.15, -0.1) is 0 Å². The smallest absolute Gasteiger partial charge is 0.311 e. The van der Waals surface area contributed by atoms with Crippen molar-refractivity contribution in [2.75, 3.05) is 6.54 Å². The molecule has 0 aliphatic carbocycles. The van der Waals surface area contributed by atoms with Crippen LogP contribution in [-0.2, 0) is 27.5 Å². The van der Waals surface area contributed by atoms with Gasteiger partial charge in [0.05, 0.1) is 24.9 Å². The summed E-state index contributed by atoms with van der Waals surface area (Å²) in [6, 6.07) is 13.1. The highest BCUT2D eigenvalue weighted by molar-refractivity contribution is 5.86. The van der Waals surface area contributed by atoms with Crippen LogP contribution in [0.5, 0.6) is 0 Å². The summed E-state index contributed by atoms with van der Waals surface area (Å²) >= 11 is 0. The molecule has 0 saturated carbocycles. The van der Waals surface area contributed by atoms with Crippen LogP contribution in [0.15, 0.2) is 63.8 Å². The average Bonchev–Trinajstić information content (AvgIpc) is 3.43. The van der Waals surface area contributed by atoms with Crippen LogP contribution in [0.2, 0.25) is 0 Å². The highest BCUT2D eigenvalue weighted by atomic mass is 16.5. The monoisotopic (exact) mass is 366 g/mol. The number of esters is 1. The molecule has 7 nitrogen and oxygen atoms in total. The SMILES string of the molecule is O=C(OCc1ncc(-c2ccccc2)o1)[C@H]1CC(=O)N(Cc2ccco2)C1. The zero-order valence-corrected chi connectivity index (χ0v) is 14.5. The fraction of sp³-hybridized carbons (Fsp3) is 0.250. The van der Waals surface area contributed by atoms with Crippen molar-refractivity contribution < 1.29 is 23.2 Å². The molecule has 0 N–H and O–H groups in total. The minimum absolute atomic E-state index is 0.0610. The lowest BCUT2D eigenvalue weighted by Crippen LogP contribution is -2.26. The number of hydrogen-bond acceptors (Lipinski definition) is 6. The van der Waals surface area contributed by atoms with Gasteiger partial charge in [-0.2, -0.15) is 0 Å². The zero-order valence-electron chi connectivity index (χ0n) is 14.5. The minimum Gasteiger partial charge on any atom is -0.467 e. The van der Waals surface area contributed by atoms with Crippen LogP contribution in [-0.4, -0.2) is 28.3 Å². The summed E-state index contributed by atoms with van der Waals surface area (Å²) in [6.45, 7) is 0.615. The molecule has 3 heterocycles. The lowest BCUT2D eigenvalue weighted by Gasteiger charge is -2.14. The highest BCUT2D eigenvalue weighted by Crippen LogP contribution is 2.23. The van der Waals surface area contributed by atoms with E-state index in [9.17, 15) is 9.59 Å². The second kappa shape index (κ2) is 7.49. The molecule has 0 radical (unpaired) electrons. The number of ether oxygens (including phenoxy) is 1. The van der Waals surface area contributed by atoms with Crippen LogP contribution < -0.4 is 0 Å². The summed E-state index contributed by atoms with van der Waals surface area (Å²) < 4.78 is 16.2. The van der Waals surface area contributed by atoms with Gasteiger partial charge in [0, 0.05) is 18.5 Å². The standard InChI is InChI=1S/C20H18N2O5/c23-19-9-15(11-22(19)12-16-7-4-8-25-16)20(24)26-13-18-21-10-17(27-18)14-5-2-1-3-6-14/h1-8,10,15H,9,11-13H2/t15-/m0/s1. The van der Waals surface area contributed by atoms with Crippen LogP contribution in [0.3, 0.4) is 0 Å². The molecule has 0 bridgehead atoms. The second-order valence-electron chi connectivity index (χ2n) is 6.35. The summed E-state index contributed by atoms with van der Waals surface area (Å²) in [5, 5.41) is 0. The Bertz CT molecular complexity index is 917. The van der Waals surface area contributed by atoms with Crippen molar-refractivity contribution in [3.8, 4) is 11.3 Å². The van der Waals surface area contributed by atoms with E-state index in [0.29, 0.717) is 30.5 Å². The van der Waals surface area contributed by atoms with Gasteiger partial charge in [0.25, 0.3) is 0 Å². The van der Waals surface area contributed by atoms with Crippen LogP contribution >= 0.6 is 0 Å². The van der Waals surface area contributed by atoms with E-state index >= 15 is 0 Å². The van der Waals surface area contributed by atoms with E-state index in [-0.39, 0.29) is 18.9 Å². The van der Waals surface area contributed by atoms with E-state index < -0.39 is 11.9 Å². The van der Waals surface area contributed by atoms with E-state index in [1.165, 1.54) is 0 Å². The summed E-state index contributed by atoms with van der Waals surface area (Å²) in [5.41, 5.74) is 0.900. The van der Waals surface area contributed by atoms with Crippen LogP contribution in [0.1, 0.15) is 18.1 Å². The molecule has 1 amide bonds. The molecule has 1 atom stereocenters. The highest BCUT2D eigenvalue weighted by Gasteiger charge is 2.35. The van der Waals surface area contributed by atoms with Gasteiger partial charge in [0.2, 0.25) is 11.8 Å². The first-order chi connectivity index (χ1) is 13.2. The Morgan fingerprint density at radius 1 is 1.22 bits per heavy atom. The Kier molecular flexibility index (Phi) is 4.74. The van der Waals surface area contributed by atoms with E-state index in [0.717, 1.165) is 5.56 Å². The number of aromatic nitrogens is 1. The van der Waals surface area contributed by atoms with Crippen molar-refractivity contribution in [3.63, 3.8) is 0 Å². The molecule has 7 heteroatoms. The maximum atomic E-state index is 12.3. The Labute approximate surface area is 155 Å². The molecule has 1 saturated heterocycles. The number of likely N-dealkylation sites (tertiary alicyclic amines) is 1. The number of carbonyl (C=O) groups excluding carboxylic acids is 2. The zero-order chi connectivity index (χ0) is 18.6. The summed E-state index contributed by atoms with van der Waals surface area (Å²) in [6.07, 6.45) is 3.30. The Morgan fingerprint density at radius 2 is 2.07 bits per heavy atom. The molecular formula is C20H18N2O5. The van der Waals surface area contributed by atoms with Crippen LogP contribution in [0, 0.1) is 5.92 Å². The van der Waals surface area contributed by atoms with E-state index in [1.807, 2.05) is 30.3 Å². The molecule has 138 valence electrons. The number of rotatable bonds is 6. The fourth-order valence-corrected chi connectivity index (χ4v) is 3.04. The lowest BCUT2D eigenvalue weighted by atomic mass is 10.1. The van der Waals surface area contributed by atoms with Crippen molar-refractivity contribution in [2.24, 2.45) is 5.92 Å². The molecule has 1 fully saturated rings. The Hall–Kier alpha value is -3.35. The van der Waals surface area contributed by atoms with Gasteiger partial charge in [0.1, 0.15) is 5.76 Å². The third kappa shape index (κ3) is 3.92. The number of nitrogens with zero attached hydrogens (tertiary/aromatic N) is 2. The van der Waals surface area contributed by atoms with Gasteiger partial charge in [-0.1, -0.05) is 30.3 Å². The third-order valence-electron chi connectivity index (χ3n) is 4.42. The number of benzene rings is 1. The molecule has 0 spiro atoms. The molecule has 4 rings (SSSR count). The largest absolute Gasteiger partial charge is 0.467 e. The maximum absolute atomic E-state index is 12.3. The first kappa shape index (κ1) is 17.1. The Balaban J connectivity index is 1.31. The van der Waals surface area contributed by atoms with Crippen molar-refractivity contribution >= 4 is 11.9 Å². The summed E-state index contributed by atoms with van der Waals surface area (Å²) in [4.78, 5) is 30.1. The molecular weight excluding hydrogens is 348 g/mol. The van der Waals surface area contributed by atoms with Crippen molar-refractivity contribution in [1.82, 2.24) is 9.88 Å². The van der Waals surface area contributed by atoms with Crippen molar-refractivity contribution in [1.29, 1.82) is 0 Å². The number of hydrogen-bond donors (Lipinski definition) is 0. The van der Waals surface area contributed by atoms with Crippen molar-refractivity contribution in [2.45, 2.75) is 19.6 Å². The fourth-order valence-electron chi connectivity index (χ4n) is 3.04. The number of amides is 1. The van der Waals surface area contributed by atoms with Gasteiger partial charge in [-0.3, -0.25) is 9.59 Å². The molecule has 1 aliphatic heterocycles. The molecule has 2 aromatic heterocycles. The average molecular weight is 366 g/mol. The molecule has 3 aromatic rings. The van der Waals surface area contributed by atoms with E-state index in [4.69, 9.17) is 13.6 Å². The molecule has 1 aromatic carbocycles. The second-order valence-corrected chi connectivity index (χ2v) is 6.35. The number of carbonyl (C=O) groups is 2. The third-order valence-corrected chi connectivity index (χ3v) is 4.42. The van der Waals surface area contributed by atoms with Crippen LogP contribution in [0.25, 0.3) is 11.3 Å². The molecule has 0 unspecified atom stereocenters. The first-order valence-electron chi connectivity index (χ1n) is 8.66. The normalized spacial score (nSPS) is 16.7.